The van der Waals surface area contributed by atoms with Crippen LogP contribution in [-0.2, 0) is 9.53 Å². The van der Waals surface area contributed by atoms with Crippen LogP contribution in [0, 0.1) is 5.92 Å². The van der Waals surface area contributed by atoms with Gasteiger partial charge in [-0.15, -0.1) is 10.2 Å². The molecule has 0 saturated heterocycles. The van der Waals surface area contributed by atoms with Crippen molar-refractivity contribution in [3.63, 3.8) is 0 Å². The number of ether oxygens (including phenoxy) is 1. The standard InChI is InChI=1S/C17H27N3O2S2/c21-15(22-11-13-7-3-1-4-8-13)12-23-17-20-19-16(24-17)18-14-9-5-2-6-10-14/h13-14H,1-12H2,(H,18,19). The highest BCUT2D eigenvalue weighted by atomic mass is 32.2. The summed E-state index contributed by atoms with van der Waals surface area (Å²) in [6.07, 6.45) is 12.7. The lowest BCUT2D eigenvalue weighted by Crippen LogP contribution is -2.21. The number of rotatable bonds is 7. The van der Waals surface area contributed by atoms with Crippen molar-refractivity contribution in [2.45, 2.75) is 74.6 Å². The summed E-state index contributed by atoms with van der Waals surface area (Å²) in [5.74, 6) is 0.758. The zero-order valence-electron chi connectivity index (χ0n) is 14.2. The van der Waals surface area contributed by atoms with E-state index in [9.17, 15) is 4.79 Å². The summed E-state index contributed by atoms with van der Waals surface area (Å²) in [4.78, 5) is 11.9. The number of nitrogens with one attached hydrogen (secondary N) is 1. The van der Waals surface area contributed by atoms with Crippen LogP contribution >= 0.6 is 23.1 Å². The van der Waals surface area contributed by atoms with E-state index in [1.54, 1.807) is 0 Å². The summed E-state index contributed by atoms with van der Waals surface area (Å²) in [5, 5.41) is 12.7. The first-order chi connectivity index (χ1) is 11.8. The lowest BCUT2D eigenvalue weighted by atomic mass is 9.90. The SMILES string of the molecule is O=C(CSc1nnc(NC2CCCCC2)s1)OCC1CCCCC1. The molecule has 134 valence electrons. The molecule has 0 bridgehead atoms. The minimum Gasteiger partial charge on any atom is -0.465 e. The number of thioether (sulfide) groups is 1. The molecule has 24 heavy (non-hydrogen) atoms. The first-order valence-corrected chi connectivity index (χ1v) is 11.0. The van der Waals surface area contributed by atoms with Crippen LogP contribution in [0.1, 0.15) is 64.2 Å². The molecule has 0 radical (unpaired) electrons. The van der Waals surface area contributed by atoms with Crippen molar-refractivity contribution in [3.8, 4) is 0 Å². The first kappa shape index (κ1) is 18.0. The summed E-state index contributed by atoms with van der Waals surface area (Å²) in [7, 11) is 0. The molecule has 2 fully saturated rings. The fourth-order valence-corrected chi connectivity index (χ4v) is 5.10. The predicted octanol–water partition coefficient (Wildman–Crippen LogP) is 4.50. The van der Waals surface area contributed by atoms with Crippen molar-refractivity contribution in [2.75, 3.05) is 17.7 Å². The van der Waals surface area contributed by atoms with Crippen molar-refractivity contribution in [3.05, 3.63) is 0 Å². The van der Waals surface area contributed by atoms with Gasteiger partial charge in [0.1, 0.15) is 0 Å². The molecule has 7 heteroatoms. The Kier molecular flexibility index (Phi) is 7.20. The molecule has 3 rings (SSSR count). The van der Waals surface area contributed by atoms with Crippen LogP contribution in [0.25, 0.3) is 0 Å². The Hall–Kier alpha value is -0.820. The van der Waals surface area contributed by atoms with Gasteiger partial charge in [-0.25, -0.2) is 0 Å². The Bertz CT molecular complexity index is 512. The molecule has 5 nitrogen and oxygen atoms in total. The Morgan fingerprint density at radius 1 is 1.08 bits per heavy atom. The zero-order chi connectivity index (χ0) is 16.6. The van der Waals surface area contributed by atoms with Gasteiger partial charge in [-0.3, -0.25) is 4.79 Å². The smallest absolute Gasteiger partial charge is 0.316 e. The van der Waals surface area contributed by atoms with E-state index in [2.05, 4.69) is 15.5 Å². The fourth-order valence-electron chi connectivity index (χ4n) is 3.47. The van der Waals surface area contributed by atoms with Crippen LogP contribution in [0.5, 0.6) is 0 Å². The van der Waals surface area contributed by atoms with Crippen LogP contribution in [0.3, 0.4) is 0 Å². The third-order valence-corrected chi connectivity index (χ3v) is 6.82. The molecule has 2 aliphatic rings. The monoisotopic (exact) mass is 369 g/mol. The van der Waals surface area contributed by atoms with Gasteiger partial charge in [0.15, 0.2) is 4.34 Å². The Morgan fingerprint density at radius 3 is 2.54 bits per heavy atom. The van der Waals surface area contributed by atoms with E-state index in [4.69, 9.17) is 4.74 Å². The van der Waals surface area contributed by atoms with Gasteiger partial charge in [-0.2, -0.15) is 0 Å². The zero-order valence-corrected chi connectivity index (χ0v) is 15.8. The van der Waals surface area contributed by atoms with Gasteiger partial charge in [0, 0.05) is 6.04 Å². The molecular weight excluding hydrogens is 342 g/mol. The largest absolute Gasteiger partial charge is 0.465 e. The van der Waals surface area contributed by atoms with E-state index in [0.717, 1.165) is 9.47 Å². The van der Waals surface area contributed by atoms with Gasteiger partial charge in [0.2, 0.25) is 5.13 Å². The average molecular weight is 370 g/mol. The Balaban J connectivity index is 1.34. The number of esters is 1. The molecule has 1 aromatic rings. The quantitative estimate of drug-likeness (QED) is 0.564. The van der Waals surface area contributed by atoms with Crippen LogP contribution in [0.2, 0.25) is 0 Å². The maximum absolute atomic E-state index is 11.9. The summed E-state index contributed by atoms with van der Waals surface area (Å²) >= 11 is 2.96. The van der Waals surface area contributed by atoms with Crippen molar-refractivity contribution in [1.82, 2.24) is 10.2 Å². The van der Waals surface area contributed by atoms with E-state index in [1.165, 1.54) is 87.3 Å². The average Bonchev–Trinajstić information content (AvgIpc) is 3.07. The van der Waals surface area contributed by atoms with Gasteiger partial charge < -0.3 is 10.1 Å². The van der Waals surface area contributed by atoms with Gasteiger partial charge >= 0.3 is 5.97 Å². The Morgan fingerprint density at radius 2 is 1.79 bits per heavy atom. The number of aromatic nitrogens is 2. The summed E-state index contributed by atoms with van der Waals surface area (Å²) in [6, 6.07) is 0.532. The summed E-state index contributed by atoms with van der Waals surface area (Å²) in [5.41, 5.74) is 0. The van der Waals surface area contributed by atoms with Gasteiger partial charge in [0.05, 0.1) is 12.4 Å². The minimum atomic E-state index is -0.137. The summed E-state index contributed by atoms with van der Waals surface area (Å²) < 4.78 is 6.25. The van der Waals surface area contributed by atoms with E-state index in [1.807, 2.05) is 0 Å². The molecule has 0 spiro atoms. The van der Waals surface area contributed by atoms with Crippen LogP contribution in [0.15, 0.2) is 4.34 Å². The first-order valence-electron chi connectivity index (χ1n) is 9.18. The molecule has 0 aliphatic heterocycles. The molecule has 0 aromatic carbocycles. The third-order valence-electron chi connectivity index (χ3n) is 4.86. The number of nitrogens with zero attached hydrogens (tertiary/aromatic N) is 2. The maximum atomic E-state index is 11.9. The van der Waals surface area contributed by atoms with E-state index in [-0.39, 0.29) is 5.97 Å². The molecule has 1 N–H and O–H groups in total. The molecule has 1 heterocycles. The third kappa shape index (κ3) is 5.92. The number of hydrogen-bond acceptors (Lipinski definition) is 7. The molecule has 1 aromatic heterocycles. The molecule has 0 atom stereocenters. The highest BCUT2D eigenvalue weighted by Gasteiger charge is 2.17. The van der Waals surface area contributed by atoms with Crippen molar-refractivity contribution in [1.29, 1.82) is 0 Å². The molecular formula is C17H27N3O2S2. The van der Waals surface area contributed by atoms with Crippen molar-refractivity contribution in [2.24, 2.45) is 5.92 Å². The number of anilines is 1. The van der Waals surface area contributed by atoms with E-state index < -0.39 is 0 Å². The topological polar surface area (TPSA) is 64.1 Å². The van der Waals surface area contributed by atoms with E-state index >= 15 is 0 Å². The second-order valence-electron chi connectivity index (χ2n) is 6.83. The molecule has 2 aliphatic carbocycles. The van der Waals surface area contributed by atoms with Crippen LogP contribution in [-0.4, -0.2) is 34.6 Å². The predicted molar refractivity (Wildman–Crippen MR) is 98.7 cm³/mol. The normalized spacial score (nSPS) is 20.0. The summed E-state index contributed by atoms with van der Waals surface area (Å²) in [6.45, 7) is 0.587. The van der Waals surface area contributed by atoms with Crippen LogP contribution < -0.4 is 5.32 Å². The second-order valence-corrected chi connectivity index (χ2v) is 9.03. The van der Waals surface area contributed by atoms with Gasteiger partial charge in [0.25, 0.3) is 0 Å². The lowest BCUT2D eigenvalue weighted by Gasteiger charge is -2.21. The fraction of sp³-hybridized carbons (Fsp3) is 0.824. The van der Waals surface area contributed by atoms with Crippen LogP contribution in [0.4, 0.5) is 5.13 Å². The second kappa shape index (κ2) is 9.61. The Labute approximate surface area is 152 Å². The molecule has 0 amide bonds. The van der Waals surface area contributed by atoms with Crippen molar-refractivity contribution >= 4 is 34.2 Å². The molecule has 0 unspecified atom stereocenters. The highest BCUT2D eigenvalue weighted by molar-refractivity contribution is 8.01. The highest BCUT2D eigenvalue weighted by Crippen LogP contribution is 2.28. The van der Waals surface area contributed by atoms with E-state index in [0.29, 0.717) is 24.3 Å². The van der Waals surface area contributed by atoms with Crippen molar-refractivity contribution < 1.29 is 9.53 Å². The lowest BCUT2D eigenvalue weighted by molar-refractivity contribution is -0.142. The van der Waals surface area contributed by atoms with Gasteiger partial charge in [-0.1, -0.05) is 61.6 Å². The number of carbonyl (C=O) groups excluding carboxylic acids is 1. The van der Waals surface area contributed by atoms with Gasteiger partial charge in [-0.05, 0) is 31.6 Å². The number of carbonyl (C=O) groups is 1. The minimum absolute atomic E-state index is 0.137. The number of hydrogen-bond donors (Lipinski definition) is 1. The molecule has 2 saturated carbocycles. The maximum Gasteiger partial charge on any atom is 0.316 e.